The van der Waals surface area contributed by atoms with Crippen LogP contribution in [0.2, 0.25) is 0 Å². The molecule has 1 N–H and O–H groups in total. The van der Waals surface area contributed by atoms with Crippen molar-refractivity contribution in [2.24, 2.45) is 11.8 Å². The monoisotopic (exact) mass is 322 g/mol. The highest BCUT2D eigenvalue weighted by atomic mass is 16.5. The molecule has 3 fully saturated rings. The van der Waals surface area contributed by atoms with Crippen molar-refractivity contribution in [3.63, 3.8) is 0 Å². The molecule has 0 spiro atoms. The van der Waals surface area contributed by atoms with E-state index in [2.05, 4.69) is 19.2 Å². The van der Waals surface area contributed by atoms with Crippen molar-refractivity contribution in [2.75, 3.05) is 20.2 Å². The van der Waals surface area contributed by atoms with Crippen molar-refractivity contribution < 1.29 is 14.3 Å². The van der Waals surface area contributed by atoms with Gasteiger partial charge in [-0.1, -0.05) is 26.7 Å². The molecule has 0 atom stereocenters. The van der Waals surface area contributed by atoms with Crippen LogP contribution in [0.3, 0.4) is 0 Å². The van der Waals surface area contributed by atoms with Gasteiger partial charge >= 0.3 is 0 Å². The molecule has 3 aliphatic rings. The molecule has 0 aromatic heterocycles. The van der Waals surface area contributed by atoms with Gasteiger partial charge in [0, 0.05) is 32.5 Å². The van der Waals surface area contributed by atoms with Gasteiger partial charge in [0.2, 0.25) is 11.8 Å². The first-order valence-corrected chi connectivity index (χ1v) is 9.06. The summed E-state index contributed by atoms with van der Waals surface area (Å²) in [6.07, 6.45) is 6.82. The topological polar surface area (TPSA) is 58.6 Å². The molecule has 0 aromatic rings. The van der Waals surface area contributed by atoms with Gasteiger partial charge in [-0.15, -0.1) is 0 Å². The summed E-state index contributed by atoms with van der Waals surface area (Å²) in [5, 5.41) is 3.31. The molecule has 2 amide bonds. The minimum atomic E-state index is -0.367. The first-order chi connectivity index (χ1) is 10.9. The number of methoxy groups -OCH3 is 1. The maximum absolute atomic E-state index is 12.6. The SMILES string of the molecule is COC1(C2(NC(=O)C3CCCC3)CN(C(=O)CC(C)C)C2)CC1. The summed E-state index contributed by atoms with van der Waals surface area (Å²) in [7, 11) is 1.73. The third-order valence-electron chi connectivity index (χ3n) is 5.91. The second-order valence-electron chi connectivity index (χ2n) is 8.10. The lowest BCUT2D eigenvalue weighted by molar-refractivity contribution is -0.155. The normalized spacial score (nSPS) is 25.3. The summed E-state index contributed by atoms with van der Waals surface area (Å²) in [5.74, 6) is 0.877. The van der Waals surface area contributed by atoms with Crippen molar-refractivity contribution in [3.05, 3.63) is 0 Å². The van der Waals surface area contributed by atoms with Crippen LogP contribution in [-0.2, 0) is 14.3 Å². The largest absolute Gasteiger partial charge is 0.376 e. The van der Waals surface area contributed by atoms with E-state index >= 15 is 0 Å². The minimum absolute atomic E-state index is 0.153. The van der Waals surface area contributed by atoms with Crippen LogP contribution in [0.4, 0.5) is 0 Å². The van der Waals surface area contributed by atoms with Crippen LogP contribution in [0, 0.1) is 11.8 Å². The van der Waals surface area contributed by atoms with Gasteiger partial charge in [-0.25, -0.2) is 0 Å². The maximum Gasteiger partial charge on any atom is 0.223 e. The third kappa shape index (κ3) is 3.00. The minimum Gasteiger partial charge on any atom is -0.376 e. The first kappa shape index (κ1) is 16.7. The zero-order valence-electron chi connectivity index (χ0n) is 14.7. The number of nitrogens with zero attached hydrogens (tertiary/aromatic N) is 1. The predicted molar refractivity (Wildman–Crippen MR) is 87.8 cm³/mol. The molecule has 2 aliphatic carbocycles. The third-order valence-corrected chi connectivity index (χ3v) is 5.91. The van der Waals surface area contributed by atoms with E-state index < -0.39 is 0 Å². The van der Waals surface area contributed by atoms with E-state index in [1.54, 1.807) is 7.11 Å². The molecule has 3 rings (SSSR count). The smallest absolute Gasteiger partial charge is 0.223 e. The van der Waals surface area contributed by atoms with E-state index in [0.717, 1.165) is 38.5 Å². The van der Waals surface area contributed by atoms with Crippen molar-refractivity contribution in [1.82, 2.24) is 10.2 Å². The molecule has 1 aliphatic heterocycles. The molecule has 0 aromatic carbocycles. The van der Waals surface area contributed by atoms with Gasteiger partial charge in [0.1, 0.15) is 5.54 Å². The van der Waals surface area contributed by atoms with Crippen LogP contribution in [0.1, 0.15) is 58.8 Å². The quantitative estimate of drug-likeness (QED) is 0.815. The molecule has 0 unspecified atom stereocenters. The number of carbonyl (C=O) groups is 2. The Labute approximate surface area is 139 Å². The highest BCUT2D eigenvalue weighted by Gasteiger charge is 2.66. The van der Waals surface area contributed by atoms with Crippen LogP contribution >= 0.6 is 0 Å². The van der Waals surface area contributed by atoms with Crippen molar-refractivity contribution in [3.8, 4) is 0 Å². The van der Waals surface area contributed by atoms with E-state index in [0.29, 0.717) is 25.4 Å². The number of rotatable bonds is 6. The molecule has 130 valence electrons. The molecule has 0 radical (unpaired) electrons. The lowest BCUT2D eigenvalue weighted by Crippen LogP contribution is -2.78. The first-order valence-electron chi connectivity index (χ1n) is 9.06. The lowest BCUT2D eigenvalue weighted by Gasteiger charge is -2.54. The molecule has 2 saturated carbocycles. The van der Waals surface area contributed by atoms with Crippen LogP contribution < -0.4 is 5.32 Å². The predicted octanol–water partition coefficient (Wildman–Crippen LogP) is 2.10. The van der Waals surface area contributed by atoms with E-state index in [-0.39, 0.29) is 28.9 Å². The summed E-state index contributed by atoms with van der Waals surface area (Å²) < 4.78 is 5.78. The van der Waals surface area contributed by atoms with E-state index in [1.165, 1.54) is 0 Å². The molecule has 5 heteroatoms. The van der Waals surface area contributed by atoms with Gasteiger partial charge in [-0.05, 0) is 31.6 Å². The van der Waals surface area contributed by atoms with E-state index in [1.807, 2.05) is 4.90 Å². The fraction of sp³-hybridized carbons (Fsp3) is 0.889. The maximum atomic E-state index is 12.6. The van der Waals surface area contributed by atoms with Gasteiger partial charge in [-0.3, -0.25) is 9.59 Å². The summed E-state index contributed by atoms with van der Waals surface area (Å²) >= 11 is 0. The van der Waals surface area contributed by atoms with Crippen molar-refractivity contribution in [2.45, 2.75) is 69.9 Å². The molecule has 23 heavy (non-hydrogen) atoms. The number of carbonyl (C=O) groups excluding carboxylic acids is 2. The molecular formula is C18H30N2O3. The van der Waals surface area contributed by atoms with Gasteiger partial charge in [0.05, 0.1) is 5.60 Å². The van der Waals surface area contributed by atoms with Crippen molar-refractivity contribution in [1.29, 1.82) is 0 Å². The molecule has 1 heterocycles. The van der Waals surface area contributed by atoms with Gasteiger partial charge in [-0.2, -0.15) is 0 Å². The van der Waals surface area contributed by atoms with Crippen molar-refractivity contribution >= 4 is 11.8 Å². The Morgan fingerprint density at radius 3 is 2.30 bits per heavy atom. The molecule has 0 bridgehead atoms. The highest BCUT2D eigenvalue weighted by molar-refractivity contribution is 5.82. The zero-order valence-corrected chi connectivity index (χ0v) is 14.7. The fourth-order valence-electron chi connectivity index (χ4n) is 4.26. The number of hydrogen-bond donors (Lipinski definition) is 1. The molecule has 5 nitrogen and oxygen atoms in total. The van der Waals surface area contributed by atoms with Gasteiger partial charge in [0.15, 0.2) is 0 Å². The Bertz CT molecular complexity index is 473. The Kier molecular flexibility index (Phi) is 4.43. The van der Waals surface area contributed by atoms with Gasteiger partial charge < -0.3 is 15.0 Å². The number of likely N-dealkylation sites (tertiary alicyclic amines) is 1. The Balaban J connectivity index is 1.66. The summed E-state index contributed by atoms with van der Waals surface area (Å²) in [6, 6.07) is 0. The van der Waals surface area contributed by atoms with Crippen LogP contribution in [0.25, 0.3) is 0 Å². The Morgan fingerprint density at radius 1 is 1.22 bits per heavy atom. The number of hydrogen-bond acceptors (Lipinski definition) is 3. The Hall–Kier alpha value is -1.10. The van der Waals surface area contributed by atoms with Gasteiger partial charge in [0.25, 0.3) is 0 Å². The fourth-order valence-corrected chi connectivity index (χ4v) is 4.26. The number of amides is 2. The number of nitrogens with one attached hydrogen (secondary N) is 1. The summed E-state index contributed by atoms with van der Waals surface area (Å²) in [5.41, 5.74) is -0.621. The van der Waals surface area contributed by atoms with E-state index in [4.69, 9.17) is 4.74 Å². The molecular weight excluding hydrogens is 292 g/mol. The highest BCUT2D eigenvalue weighted by Crippen LogP contribution is 2.52. The lowest BCUT2D eigenvalue weighted by atomic mass is 9.80. The summed E-state index contributed by atoms with van der Waals surface area (Å²) in [6.45, 7) is 5.32. The standard InChI is InChI=1S/C18H30N2O3/c1-13(2)10-15(21)20-11-17(12-20,18(23-3)8-9-18)19-16(22)14-6-4-5-7-14/h13-14H,4-12H2,1-3H3,(H,19,22). The van der Waals surface area contributed by atoms with Crippen LogP contribution in [0.5, 0.6) is 0 Å². The average Bonchev–Trinajstić information content (AvgIpc) is 3.06. The van der Waals surface area contributed by atoms with Crippen LogP contribution in [-0.4, -0.2) is 48.1 Å². The second kappa shape index (κ2) is 6.08. The second-order valence-corrected chi connectivity index (χ2v) is 8.10. The zero-order chi connectivity index (χ0) is 16.7. The van der Waals surface area contributed by atoms with E-state index in [9.17, 15) is 9.59 Å². The summed E-state index contributed by atoms with van der Waals surface area (Å²) in [4.78, 5) is 26.8. The van der Waals surface area contributed by atoms with Crippen LogP contribution in [0.15, 0.2) is 0 Å². The number of ether oxygens (including phenoxy) is 1. The average molecular weight is 322 g/mol. The molecule has 1 saturated heterocycles. The Morgan fingerprint density at radius 2 is 1.83 bits per heavy atom.